The fraction of sp³-hybridized carbons (Fsp3) is 0.305. The van der Waals surface area contributed by atoms with E-state index in [9.17, 15) is 0 Å². The number of rotatable bonds is 18. The van der Waals surface area contributed by atoms with Gasteiger partial charge in [-0.1, -0.05) is 48.0 Å². The molecule has 2 fully saturated rings. The summed E-state index contributed by atoms with van der Waals surface area (Å²) in [4.78, 5) is 55.6. The van der Waals surface area contributed by atoms with Crippen molar-refractivity contribution in [1.82, 2.24) is 93.3 Å². The lowest BCUT2D eigenvalue weighted by atomic mass is 10.1. The Labute approximate surface area is 653 Å². The molecule has 3 aliphatic heterocycles. The quantitative estimate of drug-likeness (QED) is 0.0580. The van der Waals surface area contributed by atoms with E-state index >= 15 is 0 Å². The number of aromatic nitrogens is 19. The van der Waals surface area contributed by atoms with Crippen LogP contribution in [-0.4, -0.2) is 134 Å². The van der Waals surface area contributed by atoms with Crippen molar-refractivity contribution in [2.45, 2.75) is 112 Å². The van der Waals surface area contributed by atoms with Crippen LogP contribution in [0.1, 0.15) is 115 Å². The first-order valence-electron chi connectivity index (χ1n) is 37.0. The van der Waals surface area contributed by atoms with Crippen LogP contribution in [0.25, 0.3) is 56.5 Å². The second kappa shape index (κ2) is 34.1. The van der Waals surface area contributed by atoms with Gasteiger partial charge in [0.1, 0.15) is 70.8 Å². The molecule has 574 valence electrons. The Morgan fingerprint density at radius 1 is 0.455 bits per heavy atom. The smallest absolute Gasteiger partial charge is 0.166 e. The van der Waals surface area contributed by atoms with Crippen molar-refractivity contribution in [3.63, 3.8) is 0 Å². The molecule has 0 saturated carbocycles. The molecule has 2 unspecified atom stereocenters. The van der Waals surface area contributed by atoms with Gasteiger partial charge in [-0.15, -0.1) is 0 Å². The van der Waals surface area contributed by atoms with Crippen LogP contribution in [0, 0.1) is 34.6 Å². The molecule has 3 aromatic carbocycles. The number of benzene rings is 3. The van der Waals surface area contributed by atoms with Gasteiger partial charge in [0.15, 0.2) is 46.0 Å². The number of para-hydroxylation sites is 3. The van der Waals surface area contributed by atoms with Gasteiger partial charge < -0.3 is 45.4 Å². The number of nitrogens with one attached hydrogen (secondary N) is 3. The molecule has 29 nitrogen and oxygen atoms in total. The monoisotopic (exact) mass is 1520 g/mol. The highest BCUT2D eigenvalue weighted by atomic mass is 35.5. The number of halogens is 1. The van der Waals surface area contributed by atoms with Crippen LogP contribution in [0.15, 0.2) is 151 Å². The topological polar surface area (TPSA) is 326 Å². The zero-order valence-corrected chi connectivity index (χ0v) is 65.5. The first-order chi connectivity index (χ1) is 54.4. The summed E-state index contributed by atoms with van der Waals surface area (Å²) in [5, 5.41) is 23.6. The van der Waals surface area contributed by atoms with Gasteiger partial charge >= 0.3 is 0 Å². The lowest BCUT2D eigenvalue weighted by molar-refractivity contribution is -0.0310. The Morgan fingerprint density at radius 3 is 1.29 bits per heavy atom. The normalized spacial score (nSPS) is 14.4. The Bertz CT molecular complexity index is 5720. The maximum absolute atomic E-state index is 6.43. The van der Waals surface area contributed by atoms with E-state index < -0.39 is 0 Å². The van der Waals surface area contributed by atoms with Crippen molar-refractivity contribution in [2.24, 2.45) is 26.1 Å². The number of aryl methyl sites for hydroxylation is 8. The standard InChI is InChI=1S/C29H32N8O2.C25H25N7O.C22H24ClN7O2.C6H8N2/c1-18-9-7-10-20(32-18)15-21-16-24(26-29(34-21)37(19(2)33-26)25-13-5-6-14-39-25)35-23-12-8-11-22(27(23)38-4)28-30-17-31-36(28)3;1-15-7-5-8-17(28-15)12-18-13-22(23-21(30-18)11-16(2)29-23)31-20-10-6-9-19(24(20)33-4)25-26-14-27-32(25)3;1-13-26-19-16(11-17(23)28-22(19)30(13)18-9-4-5-10-32-18)27-15-8-6-7-14(20(15)31-3)21-24-12-25-29(21)2;1-5-3-2-4-6(7)8-5/h7-12,16-17,25H,5-6,13-15H2,1-4H3,(H,34,35);5-10,13-14H,11-12H2,1-4H3,(H,30,31);6-8,11-12,18H,4-5,9-10H2,1-3H3,(H,27,28);2-4H,1H3,(H2,7,8). The number of nitrogens with two attached hydrogens (primary N) is 1. The summed E-state index contributed by atoms with van der Waals surface area (Å²) >= 11 is 6.43. The fourth-order valence-corrected chi connectivity index (χ4v) is 14.4. The van der Waals surface area contributed by atoms with Crippen LogP contribution < -0.4 is 35.9 Å². The Kier molecular flexibility index (Phi) is 23.2. The summed E-state index contributed by atoms with van der Waals surface area (Å²) in [7, 11) is 10.5. The van der Waals surface area contributed by atoms with Gasteiger partial charge in [0.2, 0.25) is 0 Å². The Morgan fingerprint density at radius 2 is 0.875 bits per heavy atom. The SMILES string of the molecule is COc1c(Nc2cc(Cc3cccc(C)n3)nc3c2N=C(C)C3)cccc1-c1ncnn1C.COc1c(Nc2cc(Cc3cccc(C)n3)nc3c2nc(C)n3C2CCCCO2)cccc1-c1ncnn1C.COc1c(Nc2cc(Cl)nc3c2nc(C)n3C2CCCCO2)cccc1-c1ncnn1C.Cc1cccc(N)n1. The van der Waals surface area contributed by atoms with E-state index in [0.717, 1.165) is 206 Å². The second-order valence-electron chi connectivity index (χ2n) is 27.4. The fourth-order valence-electron chi connectivity index (χ4n) is 14.2. The van der Waals surface area contributed by atoms with Crippen molar-refractivity contribution >= 4 is 85.3 Å². The highest BCUT2D eigenvalue weighted by Crippen LogP contribution is 2.44. The van der Waals surface area contributed by atoms with E-state index in [0.29, 0.717) is 52.5 Å². The number of nitrogens with zero attached hydrogens (tertiary/aromatic N) is 20. The summed E-state index contributed by atoms with van der Waals surface area (Å²) in [6.07, 6.45) is 12.7. The van der Waals surface area contributed by atoms with Crippen molar-refractivity contribution in [1.29, 1.82) is 0 Å². The van der Waals surface area contributed by atoms with E-state index in [4.69, 9.17) is 70.9 Å². The van der Waals surface area contributed by atoms with Gasteiger partial charge in [-0.05, 0) is 165 Å². The number of hydrogen-bond donors (Lipinski definition) is 4. The molecular formula is C82H89ClN24O5. The highest BCUT2D eigenvalue weighted by molar-refractivity contribution is 6.30. The van der Waals surface area contributed by atoms with Gasteiger partial charge in [-0.25, -0.2) is 53.9 Å². The molecule has 14 aromatic rings. The zero-order chi connectivity index (χ0) is 78.1. The minimum atomic E-state index is -0.0821. The number of anilines is 7. The first kappa shape index (κ1) is 76.2. The number of fused-ring (bicyclic) bond motifs is 3. The third kappa shape index (κ3) is 16.9. The molecule has 2 atom stereocenters. The zero-order valence-electron chi connectivity index (χ0n) is 64.7. The predicted molar refractivity (Wildman–Crippen MR) is 434 cm³/mol. The van der Waals surface area contributed by atoms with Gasteiger partial charge in [-0.3, -0.25) is 29.1 Å². The molecule has 0 bridgehead atoms. The van der Waals surface area contributed by atoms with Crippen LogP contribution in [0.4, 0.5) is 45.6 Å². The van der Waals surface area contributed by atoms with Crippen LogP contribution in [0.3, 0.4) is 0 Å². The maximum atomic E-state index is 6.43. The minimum absolute atomic E-state index is 0.0785. The number of hydrogen-bond acceptors (Lipinski definition) is 24. The molecule has 17 rings (SSSR count). The lowest BCUT2D eigenvalue weighted by Crippen LogP contribution is -2.19. The summed E-state index contributed by atoms with van der Waals surface area (Å²) in [6, 6.07) is 41.3. The molecule has 0 spiro atoms. The van der Waals surface area contributed by atoms with E-state index in [2.05, 4.69) is 77.9 Å². The van der Waals surface area contributed by atoms with E-state index in [1.54, 1.807) is 47.5 Å². The van der Waals surface area contributed by atoms with Crippen LogP contribution >= 0.6 is 11.6 Å². The molecule has 0 amide bonds. The number of aliphatic imine (C=N–C) groups is 1. The molecule has 3 aliphatic rings. The number of pyridine rings is 6. The van der Waals surface area contributed by atoms with Crippen molar-refractivity contribution in [3.8, 4) is 51.4 Å². The van der Waals surface area contributed by atoms with Gasteiger partial charge in [0, 0.05) is 99.6 Å². The largest absolute Gasteiger partial charge is 0.494 e. The summed E-state index contributed by atoms with van der Waals surface area (Å²) in [5.41, 5.74) is 25.4. The first-order valence-corrected chi connectivity index (χ1v) is 37.4. The Balaban J connectivity index is 0.000000133. The molecule has 14 heterocycles. The molecular weight excluding hydrogens is 1440 g/mol. The third-order valence-electron chi connectivity index (χ3n) is 19.3. The molecule has 0 aliphatic carbocycles. The summed E-state index contributed by atoms with van der Waals surface area (Å²) in [6.45, 7) is 13.4. The molecule has 112 heavy (non-hydrogen) atoms. The summed E-state index contributed by atoms with van der Waals surface area (Å²) in [5.74, 6) is 6.47. The molecule has 5 N–H and O–H groups in total. The van der Waals surface area contributed by atoms with Crippen molar-refractivity contribution < 1.29 is 23.7 Å². The average Bonchev–Trinajstić information content (AvgIpc) is 1.21. The molecule has 0 radical (unpaired) electrons. The van der Waals surface area contributed by atoms with Gasteiger partial charge in [0.05, 0.1) is 83.5 Å². The maximum Gasteiger partial charge on any atom is 0.166 e. The lowest BCUT2D eigenvalue weighted by Gasteiger charge is -2.25. The molecule has 11 aromatic heterocycles. The predicted octanol–water partition coefficient (Wildman–Crippen LogP) is 15.5. The molecule has 2 saturated heterocycles. The Hall–Kier alpha value is -12.6. The number of methoxy groups -OCH3 is 3. The van der Waals surface area contributed by atoms with Gasteiger partial charge in [0.25, 0.3) is 0 Å². The van der Waals surface area contributed by atoms with Gasteiger partial charge in [-0.2, -0.15) is 15.3 Å². The number of imidazole rings is 2. The van der Waals surface area contributed by atoms with Crippen molar-refractivity contribution in [3.05, 3.63) is 209 Å². The minimum Gasteiger partial charge on any atom is -0.494 e. The van der Waals surface area contributed by atoms with Crippen LogP contribution in [0.5, 0.6) is 17.2 Å². The van der Waals surface area contributed by atoms with Crippen LogP contribution in [-0.2, 0) is 49.9 Å². The van der Waals surface area contributed by atoms with Crippen LogP contribution in [0.2, 0.25) is 5.15 Å². The third-order valence-corrected chi connectivity index (χ3v) is 19.4. The molecule has 30 heteroatoms. The van der Waals surface area contributed by atoms with E-state index in [-0.39, 0.29) is 12.5 Å². The second-order valence-corrected chi connectivity index (χ2v) is 27.8. The average molecular weight is 1530 g/mol. The van der Waals surface area contributed by atoms with E-state index in [1.807, 2.05) is 170 Å². The van der Waals surface area contributed by atoms with Crippen molar-refractivity contribution in [2.75, 3.05) is 56.2 Å². The number of nitrogen functional groups attached to an aromatic ring is 1. The summed E-state index contributed by atoms with van der Waals surface area (Å²) < 4.78 is 39.0. The highest BCUT2D eigenvalue weighted by Gasteiger charge is 2.28. The van der Waals surface area contributed by atoms with E-state index in [1.165, 1.54) is 19.0 Å². The number of ether oxygens (including phenoxy) is 5.